The molecule has 0 radical (unpaired) electrons. The number of fused-ring (bicyclic) bond motifs is 3. The van der Waals surface area contributed by atoms with Crippen LogP contribution in [0, 0.1) is 0 Å². The number of nitrogens with zero attached hydrogens (tertiary/aromatic N) is 2. The van der Waals surface area contributed by atoms with Crippen LogP contribution >= 0.6 is 0 Å². The third-order valence-electron chi connectivity index (χ3n) is 2.65. The van der Waals surface area contributed by atoms with Crippen molar-refractivity contribution >= 4 is 27.8 Å². The fourth-order valence-electron chi connectivity index (χ4n) is 1.84. The predicted molar refractivity (Wildman–Crippen MR) is 64.0 cm³/mol. The van der Waals surface area contributed by atoms with Gasteiger partial charge < -0.3 is 5.11 Å². The fourth-order valence-corrected chi connectivity index (χ4v) is 1.84. The van der Waals surface area contributed by atoms with Crippen LogP contribution in [-0.4, -0.2) is 21.0 Å². The molecule has 2 heterocycles. The van der Waals surface area contributed by atoms with Crippen molar-refractivity contribution in [2.45, 2.75) is 0 Å². The van der Waals surface area contributed by atoms with Crippen molar-refractivity contribution in [1.29, 1.82) is 0 Å². The Morgan fingerprint density at radius 1 is 1.00 bits per heavy atom. The Bertz CT molecular complexity index is 743. The number of carboxylic acids is 1. The first-order valence-corrected chi connectivity index (χ1v) is 5.13. The van der Waals surface area contributed by atoms with E-state index < -0.39 is 5.97 Å². The van der Waals surface area contributed by atoms with Crippen molar-refractivity contribution in [1.82, 2.24) is 9.97 Å². The van der Waals surface area contributed by atoms with Gasteiger partial charge in [-0.05, 0) is 12.1 Å². The zero-order chi connectivity index (χ0) is 11.8. The van der Waals surface area contributed by atoms with Gasteiger partial charge in [-0.2, -0.15) is 0 Å². The maximum Gasteiger partial charge on any atom is 0.354 e. The van der Waals surface area contributed by atoms with Crippen LogP contribution in [0.5, 0.6) is 0 Å². The molecule has 0 aliphatic carbocycles. The first-order valence-electron chi connectivity index (χ1n) is 5.13. The number of carbonyl (C=O) groups is 1. The smallest absolute Gasteiger partial charge is 0.354 e. The van der Waals surface area contributed by atoms with Crippen LogP contribution in [0.1, 0.15) is 10.5 Å². The Kier molecular flexibility index (Phi) is 3.35. The summed E-state index contributed by atoms with van der Waals surface area (Å²) in [6.45, 7) is 0. The van der Waals surface area contributed by atoms with Crippen LogP contribution in [0.4, 0.5) is 0 Å². The molecule has 0 saturated carbocycles. The van der Waals surface area contributed by atoms with E-state index in [9.17, 15) is 4.79 Å². The van der Waals surface area contributed by atoms with Gasteiger partial charge in [-0.15, -0.1) is 0 Å². The van der Waals surface area contributed by atoms with Crippen molar-refractivity contribution in [3.05, 3.63) is 48.3 Å². The quantitative estimate of drug-likeness (QED) is 0.551. The Morgan fingerprint density at radius 3 is 2.39 bits per heavy atom. The summed E-state index contributed by atoms with van der Waals surface area (Å²) in [5, 5.41) is 10.8. The van der Waals surface area contributed by atoms with E-state index in [1.54, 1.807) is 12.3 Å². The van der Waals surface area contributed by atoms with Gasteiger partial charge in [0, 0.05) is 36.4 Å². The molecule has 5 heteroatoms. The van der Waals surface area contributed by atoms with E-state index in [1.807, 2.05) is 24.3 Å². The molecule has 1 aromatic carbocycles. The predicted octanol–water partition coefficient (Wildman–Crippen LogP) is 2.48. The molecule has 0 aliphatic heterocycles. The maximum atomic E-state index is 10.9. The third kappa shape index (κ3) is 1.97. The van der Waals surface area contributed by atoms with Crippen LogP contribution in [0.25, 0.3) is 21.8 Å². The Balaban J connectivity index is 0.00000120. The number of aromatic nitrogens is 2. The number of rotatable bonds is 1. The summed E-state index contributed by atoms with van der Waals surface area (Å²) in [5.74, 6) is -1.03. The van der Waals surface area contributed by atoms with E-state index in [0.29, 0.717) is 5.52 Å². The molecule has 0 fully saturated rings. The second kappa shape index (κ2) is 4.79. The van der Waals surface area contributed by atoms with Crippen LogP contribution < -0.4 is 0 Å². The molecule has 0 saturated heterocycles. The molecule has 4 nitrogen and oxygen atoms in total. The number of aromatic carboxylic acids is 1. The van der Waals surface area contributed by atoms with Gasteiger partial charge in [-0.25, -0.2) is 9.78 Å². The summed E-state index contributed by atoms with van der Waals surface area (Å²) in [6, 6.07) is 10.9. The third-order valence-corrected chi connectivity index (χ3v) is 2.65. The second-order valence-corrected chi connectivity index (χ2v) is 3.71. The average molecular weight is 325 g/mol. The molecule has 0 unspecified atom stereocenters. The summed E-state index contributed by atoms with van der Waals surface area (Å²) in [4.78, 5) is 19.3. The normalized spacial score (nSPS) is 10.2. The van der Waals surface area contributed by atoms with Crippen LogP contribution in [0.3, 0.4) is 0 Å². The summed E-state index contributed by atoms with van der Waals surface area (Å²) < 4.78 is 0. The molecule has 3 rings (SSSR count). The van der Waals surface area contributed by atoms with Crippen molar-refractivity contribution in [3.8, 4) is 0 Å². The molecule has 1 N–H and O–H groups in total. The first kappa shape index (κ1) is 12.6. The minimum atomic E-state index is -1.03. The number of carboxylic acid groups (broad SMARTS) is 1. The van der Waals surface area contributed by atoms with Gasteiger partial charge in [0.15, 0.2) is 0 Å². The van der Waals surface area contributed by atoms with Gasteiger partial charge in [0.25, 0.3) is 0 Å². The van der Waals surface area contributed by atoms with Crippen molar-refractivity contribution in [3.63, 3.8) is 0 Å². The molecule has 0 spiro atoms. The van der Waals surface area contributed by atoms with E-state index in [0.717, 1.165) is 16.3 Å². The van der Waals surface area contributed by atoms with E-state index in [1.165, 1.54) is 6.07 Å². The Hall–Kier alpha value is -1.87. The number of hydrogen-bond donors (Lipinski definition) is 1. The summed E-state index contributed by atoms with van der Waals surface area (Å²) in [7, 11) is 0. The molecule has 0 aliphatic rings. The van der Waals surface area contributed by atoms with Crippen molar-refractivity contribution in [2.24, 2.45) is 0 Å². The van der Waals surface area contributed by atoms with E-state index in [4.69, 9.17) is 5.11 Å². The number of hydrogen-bond acceptors (Lipinski definition) is 3. The average Bonchev–Trinajstić information content (AvgIpc) is 2.38. The summed E-state index contributed by atoms with van der Waals surface area (Å²) in [6.07, 6.45) is 1.68. The molecule has 0 amide bonds. The summed E-state index contributed by atoms with van der Waals surface area (Å²) in [5.41, 5.74) is 1.40. The number of benzene rings is 1. The molecule has 0 bridgehead atoms. The molecule has 3 aromatic rings. The van der Waals surface area contributed by atoms with Crippen LogP contribution in [-0.2, 0) is 19.5 Å². The molecule has 0 atom stereocenters. The van der Waals surface area contributed by atoms with Gasteiger partial charge in [-0.3, -0.25) is 4.98 Å². The maximum absolute atomic E-state index is 10.9. The Morgan fingerprint density at radius 2 is 1.67 bits per heavy atom. The minimum absolute atomic E-state index is 0. The zero-order valence-corrected chi connectivity index (χ0v) is 10.9. The first-order chi connectivity index (χ1) is 8.25. The van der Waals surface area contributed by atoms with Crippen LogP contribution in [0.2, 0.25) is 0 Å². The van der Waals surface area contributed by atoms with Gasteiger partial charge in [-0.1, -0.05) is 24.3 Å². The van der Waals surface area contributed by atoms with Gasteiger partial charge in [0.05, 0.1) is 11.0 Å². The standard InChI is InChI=1S/C13H8N2O2.Ru/c16-13(17)10-6-5-9-4-3-8-2-1-7-14-11(8)12(9)15-10;/h1-7H,(H,16,17);. The fraction of sp³-hybridized carbons (Fsp3) is 0. The van der Waals surface area contributed by atoms with E-state index in [2.05, 4.69) is 9.97 Å². The van der Waals surface area contributed by atoms with Crippen LogP contribution in [0.15, 0.2) is 42.6 Å². The van der Waals surface area contributed by atoms with E-state index >= 15 is 0 Å². The number of pyridine rings is 2. The second-order valence-electron chi connectivity index (χ2n) is 3.71. The van der Waals surface area contributed by atoms with Crippen molar-refractivity contribution < 1.29 is 29.4 Å². The SMILES string of the molecule is O=C(O)c1ccc2ccc3cccnc3c2n1.[Ru]. The van der Waals surface area contributed by atoms with Gasteiger partial charge in [0.2, 0.25) is 0 Å². The van der Waals surface area contributed by atoms with Gasteiger partial charge >= 0.3 is 5.97 Å². The Labute approximate surface area is 115 Å². The summed E-state index contributed by atoms with van der Waals surface area (Å²) >= 11 is 0. The molecular formula is C13H8N2O2Ru. The minimum Gasteiger partial charge on any atom is -0.477 e. The molecule has 90 valence electrons. The monoisotopic (exact) mass is 326 g/mol. The van der Waals surface area contributed by atoms with Crippen molar-refractivity contribution in [2.75, 3.05) is 0 Å². The van der Waals surface area contributed by atoms with Gasteiger partial charge in [0.1, 0.15) is 5.69 Å². The molecular weight excluding hydrogens is 317 g/mol. The topological polar surface area (TPSA) is 63.1 Å². The molecule has 2 aromatic heterocycles. The molecule has 18 heavy (non-hydrogen) atoms. The largest absolute Gasteiger partial charge is 0.477 e. The van der Waals surface area contributed by atoms with E-state index in [-0.39, 0.29) is 25.2 Å². The zero-order valence-electron chi connectivity index (χ0n) is 9.14.